The van der Waals surface area contributed by atoms with Crippen LogP contribution in [0.2, 0.25) is 0 Å². The summed E-state index contributed by atoms with van der Waals surface area (Å²) in [5.74, 6) is 2.49. The Bertz CT molecular complexity index is 203. The van der Waals surface area contributed by atoms with Crippen LogP contribution in [0, 0.1) is 11.8 Å². The van der Waals surface area contributed by atoms with E-state index in [1.807, 2.05) is 0 Å². The summed E-state index contributed by atoms with van der Waals surface area (Å²) in [6.45, 7) is 14.3. The van der Waals surface area contributed by atoms with Gasteiger partial charge in [0.2, 0.25) is 0 Å². The number of piperazine rings is 1. The van der Waals surface area contributed by atoms with E-state index in [2.05, 4.69) is 37.9 Å². The second kappa shape index (κ2) is 6.11. The molecule has 1 aliphatic heterocycles. The summed E-state index contributed by atoms with van der Waals surface area (Å²) in [4.78, 5) is 7.20. The third-order valence-corrected chi connectivity index (χ3v) is 2.58. The van der Waals surface area contributed by atoms with Crippen LogP contribution in [0.3, 0.4) is 0 Å². The summed E-state index contributed by atoms with van der Waals surface area (Å²) in [6, 6.07) is 0. The molecule has 0 aromatic carbocycles. The Morgan fingerprint density at radius 3 is 2.27 bits per heavy atom. The second-order valence-corrected chi connectivity index (χ2v) is 4.98. The predicted octanol–water partition coefficient (Wildman–Crippen LogP) is 1.60. The van der Waals surface area contributed by atoms with Crippen molar-refractivity contribution in [1.82, 2.24) is 10.2 Å². The molecule has 0 spiro atoms. The third-order valence-electron chi connectivity index (χ3n) is 2.58. The maximum Gasteiger partial charge on any atom is 0.102 e. The molecule has 0 aromatic rings. The lowest BCUT2D eigenvalue weighted by Crippen LogP contribution is -2.48. The van der Waals surface area contributed by atoms with Crippen molar-refractivity contribution in [3.05, 3.63) is 0 Å². The molecule has 0 aliphatic carbocycles. The van der Waals surface area contributed by atoms with E-state index in [1.165, 1.54) is 5.84 Å². The summed E-state index contributed by atoms with van der Waals surface area (Å²) in [5, 5.41) is 3.38. The summed E-state index contributed by atoms with van der Waals surface area (Å²) in [5.41, 5.74) is 0. The molecular weight excluding hydrogens is 186 g/mol. The fraction of sp³-hybridized carbons (Fsp3) is 0.917. The Morgan fingerprint density at radius 2 is 1.80 bits per heavy atom. The van der Waals surface area contributed by atoms with Gasteiger partial charge in [0.25, 0.3) is 0 Å². The Morgan fingerprint density at radius 1 is 1.20 bits per heavy atom. The van der Waals surface area contributed by atoms with Gasteiger partial charge in [-0.25, -0.2) is 0 Å². The quantitative estimate of drug-likeness (QED) is 0.567. The first-order valence-electron chi connectivity index (χ1n) is 6.11. The molecule has 3 nitrogen and oxygen atoms in total. The van der Waals surface area contributed by atoms with E-state index in [-0.39, 0.29) is 0 Å². The van der Waals surface area contributed by atoms with Crippen molar-refractivity contribution < 1.29 is 0 Å². The van der Waals surface area contributed by atoms with Crippen molar-refractivity contribution in [2.75, 3.05) is 32.7 Å². The van der Waals surface area contributed by atoms with Gasteiger partial charge in [0.1, 0.15) is 5.84 Å². The minimum atomic E-state index is 0.543. The number of hydrogen-bond acceptors (Lipinski definition) is 2. The zero-order chi connectivity index (χ0) is 11.3. The lowest BCUT2D eigenvalue weighted by atomic mass is 10.1. The molecule has 1 rings (SSSR count). The van der Waals surface area contributed by atoms with Gasteiger partial charge in [0.15, 0.2) is 0 Å². The fourth-order valence-electron chi connectivity index (χ4n) is 1.82. The van der Waals surface area contributed by atoms with Gasteiger partial charge in [-0.05, 0) is 5.92 Å². The van der Waals surface area contributed by atoms with Crippen molar-refractivity contribution in [2.45, 2.75) is 27.7 Å². The van der Waals surface area contributed by atoms with E-state index in [9.17, 15) is 0 Å². The lowest BCUT2D eigenvalue weighted by molar-refractivity contribution is 0.342. The molecule has 88 valence electrons. The second-order valence-electron chi connectivity index (χ2n) is 4.98. The van der Waals surface area contributed by atoms with Gasteiger partial charge in [0.05, 0.1) is 0 Å². The molecule has 0 radical (unpaired) electrons. The van der Waals surface area contributed by atoms with Crippen molar-refractivity contribution in [1.29, 1.82) is 0 Å². The zero-order valence-corrected chi connectivity index (χ0v) is 10.6. The molecule has 0 amide bonds. The molecule has 1 heterocycles. The SMILES string of the molecule is CC(C)CN=C(C(C)C)N1CCNCC1. The molecule has 0 aromatic heterocycles. The van der Waals surface area contributed by atoms with Gasteiger partial charge < -0.3 is 10.2 Å². The molecule has 1 N–H and O–H groups in total. The van der Waals surface area contributed by atoms with Gasteiger partial charge in [-0.1, -0.05) is 27.7 Å². The Labute approximate surface area is 94.0 Å². The molecule has 0 unspecified atom stereocenters. The molecule has 0 bridgehead atoms. The highest BCUT2D eigenvalue weighted by Crippen LogP contribution is 2.07. The van der Waals surface area contributed by atoms with E-state index < -0.39 is 0 Å². The molecular formula is C12H25N3. The van der Waals surface area contributed by atoms with Crippen molar-refractivity contribution >= 4 is 5.84 Å². The summed E-state index contributed by atoms with van der Waals surface area (Å²) in [7, 11) is 0. The number of nitrogens with one attached hydrogen (secondary N) is 1. The van der Waals surface area contributed by atoms with Crippen LogP contribution in [0.4, 0.5) is 0 Å². The number of amidine groups is 1. The topological polar surface area (TPSA) is 27.6 Å². The van der Waals surface area contributed by atoms with Crippen LogP contribution >= 0.6 is 0 Å². The van der Waals surface area contributed by atoms with E-state index in [4.69, 9.17) is 4.99 Å². The van der Waals surface area contributed by atoms with Crippen LogP contribution in [-0.4, -0.2) is 43.5 Å². The van der Waals surface area contributed by atoms with Gasteiger partial charge in [-0.15, -0.1) is 0 Å². The highest BCUT2D eigenvalue weighted by molar-refractivity contribution is 5.84. The summed E-state index contributed by atoms with van der Waals surface area (Å²) < 4.78 is 0. The number of rotatable bonds is 3. The van der Waals surface area contributed by atoms with Crippen LogP contribution < -0.4 is 5.32 Å². The van der Waals surface area contributed by atoms with Gasteiger partial charge in [0, 0.05) is 38.6 Å². The van der Waals surface area contributed by atoms with Gasteiger partial charge >= 0.3 is 0 Å². The first-order valence-corrected chi connectivity index (χ1v) is 6.11. The highest BCUT2D eigenvalue weighted by Gasteiger charge is 2.16. The molecule has 15 heavy (non-hydrogen) atoms. The molecule has 3 heteroatoms. The van der Waals surface area contributed by atoms with Crippen LogP contribution in [0.25, 0.3) is 0 Å². The van der Waals surface area contributed by atoms with E-state index in [0.717, 1.165) is 32.7 Å². The first-order chi connectivity index (χ1) is 7.11. The fourth-order valence-corrected chi connectivity index (χ4v) is 1.82. The van der Waals surface area contributed by atoms with Crippen molar-refractivity contribution in [2.24, 2.45) is 16.8 Å². The third kappa shape index (κ3) is 4.20. The molecule has 1 aliphatic rings. The summed E-state index contributed by atoms with van der Waals surface area (Å²) in [6.07, 6.45) is 0. The number of aliphatic imine (C=N–C) groups is 1. The Hall–Kier alpha value is -0.570. The number of hydrogen-bond donors (Lipinski definition) is 1. The van der Waals surface area contributed by atoms with E-state index >= 15 is 0 Å². The Kier molecular flexibility index (Phi) is 5.09. The smallest absolute Gasteiger partial charge is 0.102 e. The zero-order valence-electron chi connectivity index (χ0n) is 10.6. The summed E-state index contributed by atoms with van der Waals surface area (Å²) >= 11 is 0. The van der Waals surface area contributed by atoms with E-state index in [0.29, 0.717) is 11.8 Å². The van der Waals surface area contributed by atoms with E-state index in [1.54, 1.807) is 0 Å². The van der Waals surface area contributed by atoms with Crippen LogP contribution in [0.15, 0.2) is 4.99 Å². The van der Waals surface area contributed by atoms with Crippen LogP contribution in [0.5, 0.6) is 0 Å². The monoisotopic (exact) mass is 211 g/mol. The predicted molar refractivity (Wildman–Crippen MR) is 66.4 cm³/mol. The van der Waals surface area contributed by atoms with Gasteiger partial charge in [-0.2, -0.15) is 0 Å². The molecule has 1 fully saturated rings. The van der Waals surface area contributed by atoms with Crippen LogP contribution in [-0.2, 0) is 0 Å². The average molecular weight is 211 g/mol. The standard InChI is InChI=1S/C12H25N3/c1-10(2)9-14-12(11(3)4)15-7-5-13-6-8-15/h10-11,13H,5-9H2,1-4H3. The minimum absolute atomic E-state index is 0.543. The highest BCUT2D eigenvalue weighted by atomic mass is 15.2. The normalized spacial score (nSPS) is 19.1. The molecule has 0 saturated carbocycles. The van der Waals surface area contributed by atoms with Gasteiger partial charge in [-0.3, -0.25) is 4.99 Å². The maximum absolute atomic E-state index is 4.76. The van der Waals surface area contributed by atoms with Crippen molar-refractivity contribution in [3.63, 3.8) is 0 Å². The largest absolute Gasteiger partial charge is 0.358 e. The average Bonchev–Trinajstić information content (AvgIpc) is 2.18. The first kappa shape index (κ1) is 12.5. The van der Waals surface area contributed by atoms with Crippen LogP contribution in [0.1, 0.15) is 27.7 Å². The maximum atomic E-state index is 4.76. The minimum Gasteiger partial charge on any atom is -0.358 e. The molecule has 1 saturated heterocycles. The number of nitrogens with zero attached hydrogens (tertiary/aromatic N) is 2. The Balaban J connectivity index is 2.59. The molecule has 0 atom stereocenters. The van der Waals surface area contributed by atoms with Crippen molar-refractivity contribution in [3.8, 4) is 0 Å². The lowest BCUT2D eigenvalue weighted by Gasteiger charge is -2.32.